The highest BCUT2D eigenvalue weighted by Crippen LogP contribution is 2.31. The molecule has 2 aromatic carbocycles. The van der Waals surface area contributed by atoms with Gasteiger partial charge in [-0.25, -0.2) is 4.39 Å². The summed E-state index contributed by atoms with van der Waals surface area (Å²) in [6, 6.07) is 12.3. The van der Waals surface area contributed by atoms with Crippen molar-refractivity contribution in [2.45, 2.75) is 25.7 Å². The Morgan fingerprint density at radius 2 is 2.04 bits per heavy atom. The molecule has 0 radical (unpaired) electrons. The van der Waals surface area contributed by atoms with Crippen molar-refractivity contribution < 1.29 is 13.9 Å². The largest absolute Gasteiger partial charge is 0.497 e. The van der Waals surface area contributed by atoms with Gasteiger partial charge in [-0.2, -0.15) is 0 Å². The molecule has 0 fully saturated rings. The number of rotatable bonds is 6. The van der Waals surface area contributed by atoms with E-state index in [2.05, 4.69) is 10.3 Å². The maximum Gasteiger partial charge on any atom is 0.230 e. The van der Waals surface area contributed by atoms with E-state index in [1.807, 2.05) is 38.1 Å². The van der Waals surface area contributed by atoms with Crippen molar-refractivity contribution in [3.63, 3.8) is 0 Å². The summed E-state index contributed by atoms with van der Waals surface area (Å²) in [4.78, 5) is 15.9. The Hall–Kier alpha value is -2.82. The van der Waals surface area contributed by atoms with Crippen LogP contribution in [0.15, 0.2) is 48.7 Å². The van der Waals surface area contributed by atoms with Crippen molar-refractivity contribution in [3.8, 4) is 5.75 Å². The minimum Gasteiger partial charge on any atom is -0.497 e. The first-order valence-corrected chi connectivity index (χ1v) is 8.60. The van der Waals surface area contributed by atoms with Gasteiger partial charge in [-0.1, -0.05) is 12.1 Å². The van der Waals surface area contributed by atoms with Gasteiger partial charge in [0.25, 0.3) is 0 Å². The minimum absolute atomic E-state index is 0.0921. The zero-order chi connectivity index (χ0) is 18.7. The average Bonchev–Trinajstić information content (AvgIpc) is 3.05. The Bertz CT molecular complexity index is 931. The Labute approximate surface area is 152 Å². The van der Waals surface area contributed by atoms with Gasteiger partial charge in [0.15, 0.2) is 0 Å². The molecule has 5 heteroatoms. The first-order valence-electron chi connectivity index (χ1n) is 8.60. The molecule has 0 aliphatic carbocycles. The molecule has 0 atom stereocenters. The molecule has 0 saturated carbocycles. The average molecular weight is 354 g/mol. The van der Waals surface area contributed by atoms with Gasteiger partial charge in [-0.05, 0) is 61.7 Å². The lowest BCUT2D eigenvalue weighted by atomic mass is 9.83. The summed E-state index contributed by atoms with van der Waals surface area (Å²) >= 11 is 0. The smallest absolute Gasteiger partial charge is 0.230 e. The number of carbonyl (C=O) groups is 1. The second kappa shape index (κ2) is 7.20. The lowest BCUT2D eigenvalue weighted by molar-refractivity contribution is -0.125. The van der Waals surface area contributed by atoms with E-state index < -0.39 is 5.41 Å². The molecule has 1 amide bonds. The predicted molar refractivity (Wildman–Crippen MR) is 101 cm³/mol. The van der Waals surface area contributed by atoms with Gasteiger partial charge in [-0.15, -0.1) is 0 Å². The Balaban J connectivity index is 1.70. The fourth-order valence-corrected chi connectivity index (χ4v) is 3.10. The van der Waals surface area contributed by atoms with Crippen molar-refractivity contribution in [1.82, 2.24) is 10.3 Å². The van der Waals surface area contributed by atoms with Gasteiger partial charge >= 0.3 is 0 Å². The number of benzene rings is 2. The normalized spacial score (nSPS) is 11.5. The number of methoxy groups -OCH3 is 1. The summed E-state index contributed by atoms with van der Waals surface area (Å²) in [5, 5.41) is 3.72. The fraction of sp³-hybridized carbons (Fsp3) is 0.286. The summed E-state index contributed by atoms with van der Waals surface area (Å²) in [5.41, 5.74) is 1.92. The van der Waals surface area contributed by atoms with Crippen LogP contribution in [0.3, 0.4) is 0 Å². The van der Waals surface area contributed by atoms with Crippen LogP contribution < -0.4 is 10.1 Å². The number of halogens is 1. The predicted octanol–water partition coefficient (Wildman–Crippen LogP) is 3.95. The van der Waals surface area contributed by atoms with Crippen LogP contribution in [0.2, 0.25) is 0 Å². The molecule has 2 N–H and O–H groups in total. The summed E-state index contributed by atoms with van der Waals surface area (Å²) in [5.74, 6) is 0.396. The number of fused-ring (bicyclic) bond motifs is 1. The van der Waals surface area contributed by atoms with Crippen LogP contribution in [0, 0.1) is 5.82 Å². The minimum atomic E-state index is -0.777. The van der Waals surface area contributed by atoms with E-state index >= 15 is 0 Å². The van der Waals surface area contributed by atoms with Gasteiger partial charge in [0, 0.05) is 23.6 Å². The van der Waals surface area contributed by atoms with Crippen molar-refractivity contribution in [2.75, 3.05) is 13.7 Å². The molecule has 0 spiro atoms. The number of nitrogens with one attached hydrogen (secondary N) is 2. The number of H-pyrrole nitrogens is 1. The van der Waals surface area contributed by atoms with Gasteiger partial charge in [0.1, 0.15) is 11.6 Å². The zero-order valence-electron chi connectivity index (χ0n) is 15.2. The number of carbonyl (C=O) groups excluding carboxylic acids is 1. The van der Waals surface area contributed by atoms with E-state index in [-0.39, 0.29) is 11.7 Å². The standard InChI is InChI=1S/C21H23FN2O2/c1-21(2,18-13-24-19-8-7-15(22)12-17(18)19)20(25)23-10-9-14-5-4-6-16(11-14)26-3/h4-8,11-13,24H,9-10H2,1-3H3,(H,23,25). The molecule has 0 bridgehead atoms. The molecule has 0 aliphatic heterocycles. The van der Waals surface area contributed by atoms with Gasteiger partial charge in [-0.3, -0.25) is 4.79 Å². The van der Waals surface area contributed by atoms with E-state index in [1.165, 1.54) is 12.1 Å². The second-order valence-corrected chi connectivity index (χ2v) is 6.87. The Morgan fingerprint density at radius 1 is 1.23 bits per heavy atom. The number of ether oxygens (including phenoxy) is 1. The van der Waals surface area contributed by atoms with Crippen LogP contribution in [-0.2, 0) is 16.6 Å². The molecule has 0 saturated heterocycles. The number of aromatic nitrogens is 1. The highest BCUT2D eigenvalue weighted by atomic mass is 19.1. The molecular weight excluding hydrogens is 331 g/mol. The topological polar surface area (TPSA) is 54.1 Å². The van der Waals surface area contributed by atoms with Crippen LogP contribution in [0.4, 0.5) is 4.39 Å². The summed E-state index contributed by atoms with van der Waals surface area (Å²) in [6.45, 7) is 4.22. The number of amides is 1. The molecular formula is C21H23FN2O2. The van der Waals surface area contributed by atoms with E-state index in [0.29, 0.717) is 13.0 Å². The van der Waals surface area contributed by atoms with Crippen LogP contribution in [0.1, 0.15) is 25.0 Å². The van der Waals surface area contributed by atoms with Gasteiger partial charge < -0.3 is 15.0 Å². The lowest BCUT2D eigenvalue weighted by Crippen LogP contribution is -2.40. The second-order valence-electron chi connectivity index (χ2n) is 6.87. The highest BCUT2D eigenvalue weighted by Gasteiger charge is 2.32. The van der Waals surface area contributed by atoms with Crippen LogP contribution in [0.5, 0.6) is 5.75 Å². The molecule has 3 aromatic rings. The summed E-state index contributed by atoms with van der Waals surface area (Å²) in [6.07, 6.45) is 2.49. The third-order valence-corrected chi connectivity index (χ3v) is 4.72. The van der Waals surface area contributed by atoms with E-state index in [9.17, 15) is 9.18 Å². The van der Waals surface area contributed by atoms with Crippen molar-refractivity contribution in [3.05, 3.63) is 65.6 Å². The van der Waals surface area contributed by atoms with E-state index in [1.54, 1.807) is 19.4 Å². The van der Waals surface area contributed by atoms with Crippen LogP contribution in [-0.4, -0.2) is 24.5 Å². The van der Waals surface area contributed by atoms with Gasteiger partial charge in [0.05, 0.1) is 12.5 Å². The third kappa shape index (κ3) is 3.57. The first kappa shape index (κ1) is 18.0. The molecule has 136 valence electrons. The molecule has 1 heterocycles. The number of hydrogen-bond acceptors (Lipinski definition) is 2. The molecule has 0 aliphatic rings. The van der Waals surface area contributed by atoms with Crippen LogP contribution >= 0.6 is 0 Å². The molecule has 1 aromatic heterocycles. The molecule has 4 nitrogen and oxygen atoms in total. The lowest BCUT2D eigenvalue weighted by Gasteiger charge is -2.23. The number of hydrogen-bond donors (Lipinski definition) is 2. The SMILES string of the molecule is COc1cccc(CCNC(=O)C(C)(C)c2c[nH]c3ccc(F)cc23)c1. The fourth-order valence-electron chi connectivity index (χ4n) is 3.10. The van der Waals surface area contributed by atoms with E-state index in [0.717, 1.165) is 27.8 Å². The van der Waals surface area contributed by atoms with E-state index in [4.69, 9.17) is 4.74 Å². The highest BCUT2D eigenvalue weighted by molar-refractivity contribution is 5.94. The monoisotopic (exact) mass is 354 g/mol. The number of aromatic amines is 1. The summed E-state index contributed by atoms with van der Waals surface area (Å²) < 4.78 is 18.8. The van der Waals surface area contributed by atoms with Crippen LogP contribution in [0.25, 0.3) is 10.9 Å². The third-order valence-electron chi connectivity index (χ3n) is 4.72. The van der Waals surface area contributed by atoms with Gasteiger partial charge in [0.2, 0.25) is 5.91 Å². The maximum atomic E-state index is 13.6. The molecule has 26 heavy (non-hydrogen) atoms. The molecule has 0 unspecified atom stereocenters. The van der Waals surface area contributed by atoms with Crippen molar-refractivity contribution >= 4 is 16.8 Å². The maximum absolute atomic E-state index is 13.6. The Morgan fingerprint density at radius 3 is 2.81 bits per heavy atom. The first-order chi connectivity index (χ1) is 12.4. The van der Waals surface area contributed by atoms with Crippen molar-refractivity contribution in [2.24, 2.45) is 0 Å². The van der Waals surface area contributed by atoms with Crippen molar-refractivity contribution in [1.29, 1.82) is 0 Å². The zero-order valence-corrected chi connectivity index (χ0v) is 15.2. The Kier molecular flexibility index (Phi) is 4.98. The summed E-state index contributed by atoms with van der Waals surface area (Å²) in [7, 11) is 1.63. The molecule has 3 rings (SSSR count). The quantitative estimate of drug-likeness (QED) is 0.704.